The molecule has 7 nitrogen and oxygen atoms in total. The molecule has 122 valence electrons. The Morgan fingerprint density at radius 1 is 1.17 bits per heavy atom. The van der Waals surface area contributed by atoms with Gasteiger partial charge in [0.05, 0.1) is 4.90 Å². The van der Waals surface area contributed by atoms with Crippen LogP contribution in [-0.2, 0) is 17.1 Å². The van der Waals surface area contributed by atoms with Gasteiger partial charge >= 0.3 is 0 Å². The Kier molecular flexibility index (Phi) is 4.67. The summed E-state index contributed by atoms with van der Waals surface area (Å²) in [5.74, 6) is -0.484. The molecule has 2 aromatic rings. The maximum atomic E-state index is 12.2. The first kappa shape index (κ1) is 16.9. The van der Waals surface area contributed by atoms with Crippen molar-refractivity contribution in [3.63, 3.8) is 0 Å². The number of nitrogens with zero attached hydrogens (tertiary/aromatic N) is 2. The molecule has 1 amide bonds. The minimum Gasteiger partial charge on any atom is -0.322 e. The van der Waals surface area contributed by atoms with Gasteiger partial charge < -0.3 is 9.88 Å². The molecule has 0 radical (unpaired) electrons. The van der Waals surface area contributed by atoms with E-state index < -0.39 is 15.9 Å². The lowest BCUT2D eigenvalue weighted by Crippen LogP contribution is -2.22. The van der Waals surface area contributed by atoms with Gasteiger partial charge in [-0.3, -0.25) is 9.59 Å². The number of carbonyl (C=O) groups excluding carboxylic acids is 1. The second-order valence-electron chi connectivity index (χ2n) is 5.13. The van der Waals surface area contributed by atoms with E-state index in [1.165, 1.54) is 55.2 Å². The molecule has 1 aromatic heterocycles. The number of aromatic nitrogens is 1. The van der Waals surface area contributed by atoms with Gasteiger partial charge in [-0.15, -0.1) is 0 Å². The average molecular weight is 335 g/mol. The molecular weight excluding hydrogens is 318 g/mol. The summed E-state index contributed by atoms with van der Waals surface area (Å²) in [6, 6.07) is 8.66. The zero-order chi connectivity index (χ0) is 17.2. The molecule has 23 heavy (non-hydrogen) atoms. The van der Waals surface area contributed by atoms with E-state index in [0.717, 1.165) is 4.31 Å². The minimum atomic E-state index is -3.58. The van der Waals surface area contributed by atoms with E-state index in [-0.39, 0.29) is 16.0 Å². The molecule has 1 heterocycles. The molecule has 0 fully saturated rings. The number of amides is 1. The topological polar surface area (TPSA) is 88.5 Å². The van der Waals surface area contributed by atoms with E-state index in [1.807, 2.05) is 0 Å². The Balaban J connectivity index is 2.29. The van der Waals surface area contributed by atoms with Crippen LogP contribution in [0.4, 0.5) is 5.69 Å². The summed E-state index contributed by atoms with van der Waals surface area (Å²) in [4.78, 5) is 23.8. The van der Waals surface area contributed by atoms with Crippen LogP contribution in [-0.4, -0.2) is 37.3 Å². The highest BCUT2D eigenvalue weighted by Gasteiger charge is 2.17. The van der Waals surface area contributed by atoms with Crippen molar-refractivity contribution in [3.8, 4) is 0 Å². The number of hydrogen-bond acceptors (Lipinski definition) is 4. The molecule has 0 spiro atoms. The summed E-state index contributed by atoms with van der Waals surface area (Å²) >= 11 is 0. The van der Waals surface area contributed by atoms with Gasteiger partial charge in [-0.2, -0.15) is 0 Å². The van der Waals surface area contributed by atoms with E-state index in [9.17, 15) is 18.0 Å². The summed E-state index contributed by atoms with van der Waals surface area (Å²) in [5.41, 5.74) is 0.231. The third kappa shape index (κ3) is 3.66. The molecule has 0 aliphatic rings. The van der Waals surface area contributed by atoms with Gasteiger partial charge in [0.1, 0.15) is 0 Å². The highest BCUT2D eigenvalue weighted by atomic mass is 32.2. The Morgan fingerprint density at radius 3 is 2.48 bits per heavy atom. The number of carbonyl (C=O) groups is 1. The van der Waals surface area contributed by atoms with Crippen LogP contribution in [0.15, 0.2) is 52.3 Å². The van der Waals surface area contributed by atoms with Gasteiger partial charge in [0.25, 0.3) is 11.5 Å². The summed E-state index contributed by atoms with van der Waals surface area (Å²) in [7, 11) is 0.861. The number of hydrogen-bond donors (Lipinski definition) is 1. The van der Waals surface area contributed by atoms with Crippen LogP contribution >= 0.6 is 0 Å². The number of anilines is 1. The van der Waals surface area contributed by atoms with Crippen LogP contribution < -0.4 is 10.9 Å². The highest BCUT2D eigenvalue weighted by Crippen LogP contribution is 2.18. The number of aryl methyl sites for hydroxylation is 1. The van der Waals surface area contributed by atoms with Crippen molar-refractivity contribution >= 4 is 21.6 Å². The van der Waals surface area contributed by atoms with Gasteiger partial charge in [-0.1, -0.05) is 6.07 Å². The number of benzene rings is 1. The molecule has 0 aliphatic carbocycles. The van der Waals surface area contributed by atoms with Crippen molar-refractivity contribution in [2.45, 2.75) is 4.90 Å². The first-order chi connectivity index (χ1) is 10.7. The minimum absolute atomic E-state index is 0.0734. The van der Waals surface area contributed by atoms with Crippen molar-refractivity contribution in [2.75, 3.05) is 19.4 Å². The van der Waals surface area contributed by atoms with E-state index in [0.29, 0.717) is 5.69 Å². The zero-order valence-electron chi connectivity index (χ0n) is 13.0. The molecule has 0 unspecified atom stereocenters. The predicted octanol–water partition coefficient (Wildman–Crippen LogP) is 0.888. The largest absolute Gasteiger partial charge is 0.322 e. The fourth-order valence-corrected chi connectivity index (χ4v) is 2.79. The molecule has 0 saturated carbocycles. The molecule has 1 N–H and O–H groups in total. The van der Waals surface area contributed by atoms with Gasteiger partial charge in [0, 0.05) is 44.7 Å². The lowest BCUT2D eigenvalue weighted by atomic mass is 10.2. The van der Waals surface area contributed by atoms with E-state index in [2.05, 4.69) is 5.32 Å². The summed E-state index contributed by atoms with van der Waals surface area (Å²) < 4.78 is 26.6. The van der Waals surface area contributed by atoms with Crippen molar-refractivity contribution in [2.24, 2.45) is 7.05 Å². The monoisotopic (exact) mass is 335 g/mol. The first-order valence-corrected chi connectivity index (χ1v) is 8.16. The van der Waals surface area contributed by atoms with Crippen LogP contribution in [0.5, 0.6) is 0 Å². The molecule has 0 bridgehead atoms. The van der Waals surface area contributed by atoms with E-state index in [1.54, 1.807) is 13.1 Å². The van der Waals surface area contributed by atoms with Gasteiger partial charge in [-0.25, -0.2) is 12.7 Å². The van der Waals surface area contributed by atoms with Crippen LogP contribution in [0.1, 0.15) is 10.4 Å². The number of nitrogens with one attached hydrogen (secondary N) is 1. The lowest BCUT2D eigenvalue weighted by molar-refractivity contribution is 0.102. The average Bonchev–Trinajstić information content (AvgIpc) is 2.50. The molecular formula is C15H17N3O4S. The highest BCUT2D eigenvalue weighted by molar-refractivity contribution is 7.89. The van der Waals surface area contributed by atoms with Crippen molar-refractivity contribution < 1.29 is 13.2 Å². The fourth-order valence-electron chi connectivity index (χ4n) is 1.84. The second-order valence-corrected chi connectivity index (χ2v) is 7.29. The smallest absolute Gasteiger partial charge is 0.255 e. The number of sulfonamides is 1. The van der Waals surface area contributed by atoms with Crippen molar-refractivity contribution in [1.82, 2.24) is 8.87 Å². The first-order valence-electron chi connectivity index (χ1n) is 6.72. The van der Waals surface area contributed by atoms with Crippen LogP contribution in [0.25, 0.3) is 0 Å². The van der Waals surface area contributed by atoms with Gasteiger partial charge in [0.2, 0.25) is 10.0 Å². The molecule has 0 aliphatic heterocycles. The zero-order valence-corrected chi connectivity index (χ0v) is 13.8. The van der Waals surface area contributed by atoms with Gasteiger partial charge in [-0.05, 0) is 24.3 Å². The van der Waals surface area contributed by atoms with E-state index >= 15 is 0 Å². The Hall–Kier alpha value is -2.45. The summed E-state index contributed by atoms with van der Waals surface area (Å²) in [6.45, 7) is 0. The Bertz CT molecular complexity index is 901. The Morgan fingerprint density at radius 2 is 1.87 bits per heavy atom. The van der Waals surface area contributed by atoms with Crippen LogP contribution in [0.3, 0.4) is 0 Å². The molecule has 2 rings (SSSR count). The second kappa shape index (κ2) is 6.35. The van der Waals surface area contributed by atoms with Gasteiger partial charge in [0.15, 0.2) is 0 Å². The maximum absolute atomic E-state index is 12.2. The van der Waals surface area contributed by atoms with Crippen molar-refractivity contribution in [3.05, 3.63) is 58.5 Å². The van der Waals surface area contributed by atoms with Crippen molar-refractivity contribution in [1.29, 1.82) is 0 Å². The summed E-state index contributed by atoms with van der Waals surface area (Å²) in [5, 5.41) is 2.59. The quantitative estimate of drug-likeness (QED) is 0.899. The SMILES string of the molecule is CN(C)S(=O)(=O)c1cccc(NC(=O)c2ccn(C)c(=O)c2)c1. The van der Waals surface area contributed by atoms with E-state index in [4.69, 9.17) is 0 Å². The molecule has 0 saturated heterocycles. The molecule has 1 aromatic carbocycles. The standard InChI is InChI=1S/C15H17N3O4S/c1-17(2)23(21,22)13-6-4-5-12(10-13)16-15(20)11-7-8-18(3)14(19)9-11/h4-10H,1-3H3,(H,16,20). The Labute approximate surface area is 134 Å². The maximum Gasteiger partial charge on any atom is 0.255 e. The molecule has 8 heteroatoms. The van der Waals surface area contributed by atoms with Crippen LogP contribution in [0, 0.1) is 0 Å². The van der Waals surface area contributed by atoms with Crippen LogP contribution in [0.2, 0.25) is 0 Å². The molecule has 0 atom stereocenters. The lowest BCUT2D eigenvalue weighted by Gasteiger charge is -2.12. The number of rotatable bonds is 4. The number of pyridine rings is 1. The third-order valence-corrected chi connectivity index (χ3v) is 5.05. The predicted molar refractivity (Wildman–Crippen MR) is 87.0 cm³/mol. The normalized spacial score (nSPS) is 11.5. The summed E-state index contributed by atoms with van der Waals surface area (Å²) in [6.07, 6.45) is 1.49. The third-order valence-electron chi connectivity index (χ3n) is 3.24. The fraction of sp³-hybridized carbons (Fsp3) is 0.200.